The van der Waals surface area contributed by atoms with Crippen LogP contribution >= 0.6 is 0 Å². The number of benzene rings is 1. The number of nitrogens with zero attached hydrogens (tertiary/aromatic N) is 2. The Morgan fingerprint density at radius 2 is 2.05 bits per heavy atom. The van der Waals surface area contributed by atoms with Gasteiger partial charge >= 0.3 is 5.69 Å². The quantitative estimate of drug-likeness (QED) is 0.472. The van der Waals surface area contributed by atoms with Gasteiger partial charge in [-0.25, -0.2) is 0 Å². The minimum absolute atomic E-state index is 0.0423. The molecule has 0 aliphatic heterocycles. The van der Waals surface area contributed by atoms with Crippen LogP contribution in [0.25, 0.3) is 0 Å². The molecule has 0 radical (unpaired) electrons. The molecule has 0 N–H and O–H groups in total. The Kier molecular flexibility index (Phi) is 3.90. The van der Waals surface area contributed by atoms with Gasteiger partial charge in [-0.2, -0.15) is 0 Å². The molecule has 102 valence electrons. The normalized spacial score (nSPS) is 9.85. The lowest BCUT2D eigenvalue weighted by atomic mass is 10.2. The summed E-state index contributed by atoms with van der Waals surface area (Å²) < 4.78 is 10.3. The molecule has 0 atom stereocenters. The summed E-state index contributed by atoms with van der Waals surface area (Å²) in [7, 11) is 1.41. The number of methoxy groups -OCH3 is 1. The van der Waals surface area contributed by atoms with Crippen molar-refractivity contribution in [3.05, 3.63) is 52.3 Å². The van der Waals surface area contributed by atoms with Crippen LogP contribution in [0.2, 0.25) is 0 Å². The fourth-order valence-corrected chi connectivity index (χ4v) is 1.54. The summed E-state index contributed by atoms with van der Waals surface area (Å²) in [4.78, 5) is 24.9. The van der Waals surface area contributed by atoms with E-state index in [9.17, 15) is 14.9 Å². The molecule has 0 bridgehead atoms. The second-order valence-corrected chi connectivity index (χ2v) is 3.76. The van der Waals surface area contributed by atoms with Crippen molar-refractivity contribution < 1.29 is 19.2 Å². The Morgan fingerprint density at radius 1 is 1.25 bits per heavy atom. The number of pyridine rings is 1. The number of hydrogen-bond acceptors (Lipinski definition) is 6. The molecule has 0 saturated heterocycles. The molecule has 0 saturated carbocycles. The van der Waals surface area contributed by atoms with Crippen molar-refractivity contribution in [1.82, 2.24) is 4.98 Å². The van der Waals surface area contributed by atoms with Crippen molar-refractivity contribution in [1.29, 1.82) is 0 Å². The van der Waals surface area contributed by atoms with Crippen molar-refractivity contribution in [2.75, 3.05) is 7.11 Å². The first-order valence-corrected chi connectivity index (χ1v) is 5.54. The second-order valence-electron chi connectivity index (χ2n) is 3.76. The van der Waals surface area contributed by atoms with Crippen LogP contribution in [0.4, 0.5) is 5.69 Å². The summed E-state index contributed by atoms with van der Waals surface area (Å²) in [5, 5.41) is 11.0. The van der Waals surface area contributed by atoms with E-state index in [0.717, 1.165) is 0 Å². The molecule has 1 aromatic heterocycles. The summed E-state index contributed by atoms with van der Waals surface area (Å²) in [6.45, 7) is 0. The summed E-state index contributed by atoms with van der Waals surface area (Å²) in [5.41, 5.74) is 0.0829. The second kappa shape index (κ2) is 5.79. The molecule has 1 heterocycles. The van der Waals surface area contributed by atoms with Crippen molar-refractivity contribution in [3.8, 4) is 17.2 Å². The Labute approximate surface area is 113 Å². The molecule has 0 amide bonds. The van der Waals surface area contributed by atoms with Crippen molar-refractivity contribution in [2.45, 2.75) is 0 Å². The van der Waals surface area contributed by atoms with Gasteiger partial charge in [-0.15, -0.1) is 0 Å². The number of carbonyl (C=O) groups is 1. The molecule has 0 fully saturated rings. The smallest absolute Gasteiger partial charge is 0.315 e. The average Bonchev–Trinajstić information content (AvgIpc) is 2.47. The lowest BCUT2D eigenvalue weighted by molar-refractivity contribution is -0.385. The van der Waals surface area contributed by atoms with Gasteiger partial charge < -0.3 is 9.47 Å². The van der Waals surface area contributed by atoms with Gasteiger partial charge in [-0.1, -0.05) is 0 Å². The maximum atomic E-state index is 11.0. The fraction of sp³-hybridized carbons (Fsp3) is 0.0769. The number of hydrogen-bond donors (Lipinski definition) is 0. The van der Waals surface area contributed by atoms with E-state index in [0.29, 0.717) is 17.6 Å². The van der Waals surface area contributed by atoms with E-state index in [2.05, 4.69) is 4.98 Å². The summed E-state index contributed by atoms with van der Waals surface area (Å²) in [5.74, 6) is 0.632. The van der Waals surface area contributed by atoms with E-state index < -0.39 is 4.92 Å². The lowest BCUT2D eigenvalue weighted by Crippen LogP contribution is -1.95. The highest BCUT2D eigenvalue weighted by Gasteiger charge is 2.17. The third kappa shape index (κ3) is 2.89. The van der Waals surface area contributed by atoms with E-state index in [4.69, 9.17) is 9.47 Å². The highest BCUT2D eigenvalue weighted by atomic mass is 16.6. The summed E-state index contributed by atoms with van der Waals surface area (Å²) >= 11 is 0. The van der Waals surface area contributed by atoms with Crippen LogP contribution in [0.15, 0.2) is 36.7 Å². The van der Waals surface area contributed by atoms with E-state index in [-0.39, 0.29) is 17.2 Å². The zero-order chi connectivity index (χ0) is 14.5. The molecule has 7 nitrogen and oxygen atoms in total. The lowest BCUT2D eigenvalue weighted by Gasteiger charge is -2.07. The summed E-state index contributed by atoms with van der Waals surface area (Å²) in [6, 6.07) is 5.66. The highest BCUT2D eigenvalue weighted by Crippen LogP contribution is 2.34. The van der Waals surface area contributed by atoms with Crippen LogP contribution in [-0.2, 0) is 0 Å². The number of rotatable bonds is 5. The van der Waals surface area contributed by atoms with Crippen molar-refractivity contribution in [2.24, 2.45) is 0 Å². The van der Waals surface area contributed by atoms with Gasteiger partial charge in [0.15, 0.2) is 6.29 Å². The van der Waals surface area contributed by atoms with Crippen LogP contribution in [0.3, 0.4) is 0 Å². The molecule has 0 spiro atoms. The fourth-order valence-electron chi connectivity index (χ4n) is 1.54. The first-order valence-electron chi connectivity index (χ1n) is 5.54. The first kappa shape index (κ1) is 13.5. The zero-order valence-electron chi connectivity index (χ0n) is 10.5. The first-order chi connectivity index (χ1) is 9.63. The van der Waals surface area contributed by atoms with Crippen LogP contribution in [0.1, 0.15) is 10.4 Å². The maximum Gasteiger partial charge on any atom is 0.315 e. The molecule has 1 aromatic carbocycles. The Bertz CT molecular complexity index is 657. The molecular weight excluding hydrogens is 264 g/mol. The van der Waals surface area contributed by atoms with Crippen LogP contribution in [-0.4, -0.2) is 23.3 Å². The molecule has 0 aliphatic rings. The number of aldehydes is 1. The molecule has 2 rings (SSSR count). The number of ether oxygens (including phenoxy) is 2. The number of nitro benzene ring substituents is 1. The Balaban J connectivity index is 2.37. The third-order valence-electron chi connectivity index (χ3n) is 2.46. The molecule has 0 aliphatic carbocycles. The molecular formula is C13H10N2O5. The van der Waals surface area contributed by atoms with Gasteiger partial charge in [-0.3, -0.25) is 19.9 Å². The number of aromatic nitrogens is 1. The van der Waals surface area contributed by atoms with Crippen molar-refractivity contribution >= 4 is 12.0 Å². The topological polar surface area (TPSA) is 91.6 Å². The van der Waals surface area contributed by atoms with Crippen LogP contribution < -0.4 is 9.47 Å². The molecule has 20 heavy (non-hydrogen) atoms. The predicted molar refractivity (Wildman–Crippen MR) is 69.3 cm³/mol. The molecule has 0 unspecified atom stereocenters. The predicted octanol–water partition coefficient (Wildman–Crippen LogP) is 2.60. The van der Waals surface area contributed by atoms with Crippen molar-refractivity contribution in [3.63, 3.8) is 0 Å². The van der Waals surface area contributed by atoms with Gasteiger partial charge in [-0.05, 0) is 18.2 Å². The monoisotopic (exact) mass is 274 g/mol. The van der Waals surface area contributed by atoms with Crippen LogP contribution in [0, 0.1) is 10.1 Å². The molecule has 7 heteroatoms. The van der Waals surface area contributed by atoms with E-state index >= 15 is 0 Å². The molecule has 2 aromatic rings. The van der Waals surface area contributed by atoms with E-state index in [1.807, 2.05) is 0 Å². The minimum atomic E-state index is -0.575. The van der Waals surface area contributed by atoms with Gasteiger partial charge in [0.25, 0.3) is 0 Å². The maximum absolute atomic E-state index is 11.0. The Morgan fingerprint density at radius 3 is 2.70 bits per heavy atom. The van der Waals surface area contributed by atoms with Gasteiger partial charge in [0.1, 0.15) is 11.5 Å². The number of carbonyl (C=O) groups excluding carboxylic acids is 1. The standard InChI is InChI=1S/C13H10N2O5/c1-19-10-2-3-13(12(5-10)15(17)18)20-11-4-9(8-16)6-14-7-11/h2-8H,1H3. The van der Waals surface area contributed by atoms with Gasteiger partial charge in [0, 0.05) is 11.8 Å². The van der Waals surface area contributed by atoms with Gasteiger partial charge in [0.05, 0.1) is 24.3 Å². The third-order valence-corrected chi connectivity index (χ3v) is 2.46. The number of nitro groups is 1. The average molecular weight is 274 g/mol. The van der Waals surface area contributed by atoms with Gasteiger partial charge in [0.2, 0.25) is 5.75 Å². The van der Waals surface area contributed by atoms with Crippen LogP contribution in [0.5, 0.6) is 17.2 Å². The highest BCUT2D eigenvalue weighted by molar-refractivity contribution is 5.74. The van der Waals surface area contributed by atoms with E-state index in [1.165, 1.54) is 37.7 Å². The zero-order valence-corrected chi connectivity index (χ0v) is 10.5. The minimum Gasteiger partial charge on any atom is -0.496 e. The largest absolute Gasteiger partial charge is 0.496 e. The Hall–Kier alpha value is -2.96. The summed E-state index contributed by atoms with van der Waals surface area (Å²) in [6.07, 6.45) is 3.34. The SMILES string of the molecule is COc1ccc(Oc2cncc(C=O)c2)c([N+](=O)[O-])c1. The van der Waals surface area contributed by atoms with E-state index in [1.54, 1.807) is 6.07 Å².